The van der Waals surface area contributed by atoms with Gasteiger partial charge in [0.25, 0.3) is 23.6 Å². The summed E-state index contributed by atoms with van der Waals surface area (Å²) < 4.78 is 8.53. The summed E-state index contributed by atoms with van der Waals surface area (Å²) in [4.78, 5) is 104. The number of aromatic nitrogens is 20. The molecule has 8 rings (SSSR count). The van der Waals surface area contributed by atoms with E-state index in [1.54, 1.807) is 0 Å². The van der Waals surface area contributed by atoms with Crippen molar-refractivity contribution in [3.05, 3.63) is 90.0 Å². The van der Waals surface area contributed by atoms with E-state index in [-0.39, 0.29) is 45.4 Å². The molecule has 0 atom stereocenters. The van der Waals surface area contributed by atoms with Gasteiger partial charge in [0.1, 0.15) is 25.3 Å². The van der Waals surface area contributed by atoms with Gasteiger partial charge in [0.15, 0.2) is 45.4 Å². The Balaban J connectivity index is 0.000000143. The minimum atomic E-state index is -0.741. The van der Waals surface area contributed by atoms with Gasteiger partial charge in [-0.05, 0) is 0 Å². The van der Waals surface area contributed by atoms with Crippen LogP contribution in [0.2, 0.25) is 0 Å². The van der Waals surface area contributed by atoms with Crippen LogP contribution in [0.15, 0.2) is 44.5 Å². The molecular formula is C24H24N24O8. The molecular weight excluding hydrogens is 752 g/mol. The van der Waals surface area contributed by atoms with Gasteiger partial charge < -0.3 is 22.9 Å². The zero-order valence-corrected chi connectivity index (χ0v) is 28.8. The van der Waals surface area contributed by atoms with E-state index in [1.165, 1.54) is 53.5 Å². The molecule has 4 amide bonds. The molecule has 0 aliphatic rings. The first-order valence-electron chi connectivity index (χ1n) is 14.7. The molecule has 8 N–H and O–H groups in total. The molecule has 8 aromatic heterocycles. The molecule has 0 unspecified atom stereocenters. The number of rotatable bonds is 4. The van der Waals surface area contributed by atoms with E-state index in [1.807, 2.05) is 0 Å². The zero-order valence-electron chi connectivity index (χ0n) is 28.8. The highest BCUT2D eigenvalue weighted by Gasteiger charge is 2.16. The van der Waals surface area contributed by atoms with Crippen LogP contribution in [-0.4, -0.2) is 121 Å². The van der Waals surface area contributed by atoms with Gasteiger partial charge in [-0.3, -0.25) is 19.2 Å². The fraction of sp³-hybridized carbons (Fsp3) is 0.167. The predicted octanol–water partition coefficient (Wildman–Crippen LogP) is -8.31. The van der Waals surface area contributed by atoms with E-state index >= 15 is 0 Å². The number of primary amides is 4. The van der Waals surface area contributed by atoms with Crippen LogP contribution in [0.25, 0.3) is 22.6 Å². The molecule has 288 valence electrons. The van der Waals surface area contributed by atoms with Crippen molar-refractivity contribution < 1.29 is 19.2 Å². The van der Waals surface area contributed by atoms with Gasteiger partial charge in [0, 0.05) is 28.2 Å². The van der Waals surface area contributed by atoms with Crippen molar-refractivity contribution >= 4 is 46.2 Å². The molecule has 32 heteroatoms. The predicted molar refractivity (Wildman–Crippen MR) is 178 cm³/mol. The van der Waals surface area contributed by atoms with E-state index in [2.05, 4.69) is 61.2 Å². The minimum absolute atomic E-state index is 0.0600. The van der Waals surface area contributed by atoms with Crippen molar-refractivity contribution in [2.24, 2.45) is 51.1 Å². The number of nitrogens with zero attached hydrogens (tertiary/aromatic N) is 20. The Bertz CT molecular complexity index is 2680. The highest BCUT2D eigenvalue weighted by atomic mass is 16.2. The van der Waals surface area contributed by atoms with Crippen molar-refractivity contribution in [3.8, 4) is 0 Å². The smallest absolute Gasteiger partial charge is 0.352 e. The molecule has 8 aromatic rings. The molecule has 0 saturated carbocycles. The number of imidazole rings is 4. The molecule has 56 heavy (non-hydrogen) atoms. The van der Waals surface area contributed by atoms with Crippen LogP contribution in [0, 0.1) is 0 Å². The topological polar surface area (TPSA) is 433 Å². The van der Waals surface area contributed by atoms with Gasteiger partial charge in [-0.1, -0.05) is 20.9 Å². The molecule has 32 nitrogen and oxygen atoms in total. The highest BCUT2D eigenvalue weighted by molar-refractivity contribution is 5.98. The van der Waals surface area contributed by atoms with Crippen LogP contribution in [0.5, 0.6) is 0 Å². The first-order valence-corrected chi connectivity index (χ1v) is 14.7. The van der Waals surface area contributed by atoms with Gasteiger partial charge in [0.05, 0.1) is 0 Å². The summed E-state index contributed by atoms with van der Waals surface area (Å²) in [6.07, 6.45) is 4.75. The lowest BCUT2D eigenvalue weighted by Gasteiger charge is -1.95. The van der Waals surface area contributed by atoms with E-state index in [9.17, 15) is 38.4 Å². The van der Waals surface area contributed by atoms with Crippen LogP contribution in [0.1, 0.15) is 42.0 Å². The van der Waals surface area contributed by atoms with Gasteiger partial charge >= 0.3 is 22.8 Å². The molecule has 0 aliphatic heterocycles. The van der Waals surface area contributed by atoms with Gasteiger partial charge in [-0.2, -0.15) is 18.7 Å². The quantitative estimate of drug-likeness (QED) is 0.129. The second-order valence-electron chi connectivity index (χ2n) is 10.6. The molecule has 0 aliphatic carbocycles. The number of carbonyl (C=O) groups excluding carboxylic acids is 4. The molecule has 0 bridgehead atoms. The molecule has 0 spiro atoms. The number of hydrogen-bond donors (Lipinski definition) is 4. The molecule has 0 aromatic carbocycles. The van der Waals surface area contributed by atoms with Gasteiger partial charge in [0.2, 0.25) is 0 Å². The Labute approximate surface area is 304 Å². The van der Waals surface area contributed by atoms with Crippen LogP contribution >= 0.6 is 0 Å². The number of fused-ring (bicyclic) bond motifs is 4. The van der Waals surface area contributed by atoms with E-state index < -0.39 is 46.4 Å². The average molecular weight is 777 g/mol. The fourth-order valence-electron chi connectivity index (χ4n) is 4.22. The van der Waals surface area contributed by atoms with Gasteiger partial charge in [-0.15, -0.1) is 20.4 Å². The summed E-state index contributed by atoms with van der Waals surface area (Å²) in [6, 6.07) is 0. The normalized spacial score (nSPS) is 10.6. The monoisotopic (exact) mass is 776 g/mol. The number of nitrogens with two attached hydrogens (primary N) is 4. The lowest BCUT2D eigenvalue weighted by atomic mass is 10.4. The SMILES string of the molecule is Cn1nnc2c(C(N)=O)ncn2c1=O.Cn1nnc2c(C(N)=O)ncn2c1=O.Cn1nnc2c(C(N)=O)ncn2c1=O.Cn1nnc2c(C(N)=O)ncn2c1=O. The Morgan fingerprint density at radius 2 is 0.571 bits per heavy atom. The van der Waals surface area contributed by atoms with Gasteiger partial charge in [-0.25, -0.2) is 56.7 Å². The maximum Gasteiger partial charge on any atom is 0.352 e. The van der Waals surface area contributed by atoms with E-state index in [0.29, 0.717) is 0 Å². The summed E-state index contributed by atoms with van der Waals surface area (Å²) in [5, 5.41) is 28.6. The Morgan fingerprint density at radius 3 is 0.732 bits per heavy atom. The van der Waals surface area contributed by atoms with Crippen LogP contribution in [0.3, 0.4) is 0 Å². The van der Waals surface area contributed by atoms with Crippen LogP contribution in [-0.2, 0) is 28.2 Å². The molecule has 8 heterocycles. The minimum Gasteiger partial charge on any atom is -0.364 e. The van der Waals surface area contributed by atoms with Crippen LogP contribution in [0.4, 0.5) is 0 Å². The lowest BCUT2D eigenvalue weighted by molar-refractivity contribution is 0.0989. The second-order valence-corrected chi connectivity index (χ2v) is 10.6. The molecule has 0 saturated heterocycles. The largest absolute Gasteiger partial charge is 0.364 e. The Kier molecular flexibility index (Phi) is 10.2. The molecule has 0 radical (unpaired) electrons. The molecule has 0 fully saturated rings. The average Bonchev–Trinajstić information content (AvgIpc) is 3.96. The number of amides is 4. The van der Waals surface area contributed by atoms with Crippen LogP contribution < -0.4 is 45.7 Å². The van der Waals surface area contributed by atoms with E-state index in [4.69, 9.17) is 22.9 Å². The third-order valence-electron chi connectivity index (χ3n) is 6.93. The Hall–Kier alpha value is -9.00. The summed E-state index contributed by atoms with van der Waals surface area (Å²) in [5.41, 5.74) is 18.4. The summed E-state index contributed by atoms with van der Waals surface area (Å²) in [6.45, 7) is 0. The standard InChI is InChI=1S/4C6H6N6O2/c4*1-11-6(14)12-2-8-3(4(7)13)5(12)9-10-11/h4*2H,1H3,(H2,7,13). The van der Waals surface area contributed by atoms with Crippen molar-refractivity contribution in [3.63, 3.8) is 0 Å². The fourth-order valence-corrected chi connectivity index (χ4v) is 4.22. The maximum atomic E-state index is 11.4. The first-order chi connectivity index (χ1) is 26.4. The lowest BCUT2D eigenvalue weighted by Crippen LogP contribution is -2.27. The van der Waals surface area contributed by atoms with Crippen molar-refractivity contribution in [2.75, 3.05) is 0 Å². The number of carbonyl (C=O) groups is 4. The summed E-state index contributed by atoms with van der Waals surface area (Å²) in [5.74, 6) is -2.96. The first kappa shape index (κ1) is 38.2. The number of hydrogen-bond acceptors (Lipinski definition) is 20. The van der Waals surface area contributed by atoms with Crippen molar-refractivity contribution in [1.82, 2.24) is 97.5 Å². The third-order valence-corrected chi connectivity index (χ3v) is 6.93. The van der Waals surface area contributed by atoms with E-state index in [0.717, 1.165) is 36.3 Å². The number of aryl methyl sites for hydroxylation is 4. The summed E-state index contributed by atoms with van der Waals surface area (Å²) in [7, 11) is 5.77. The Morgan fingerprint density at radius 1 is 0.393 bits per heavy atom. The van der Waals surface area contributed by atoms with Crippen molar-refractivity contribution in [1.29, 1.82) is 0 Å². The summed E-state index contributed by atoms with van der Waals surface area (Å²) >= 11 is 0. The maximum absolute atomic E-state index is 11.4. The zero-order chi connectivity index (χ0) is 41.2. The second kappa shape index (κ2) is 14.9. The highest BCUT2D eigenvalue weighted by Crippen LogP contribution is 2.03. The van der Waals surface area contributed by atoms with Crippen molar-refractivity contribution in [2.45, 2.75) is 0 Å². The third kappa shape index (κ3) is 7.07.